The third kappa shape index (κ3) is 4.72. The van der Waals surface area contributed by atoms with Gasteiger partial charge in [0.1, 0.15) is 0 Å². The van der Waals surface area contributed by atoms with E-state index in [4.69, 9.17) is 4.74 Å². The van der Waals surface area contributed by atoms with Gasteiger partial charge in [-0.2, -0.15) is 0 Å². The molecule has 0 saturated carbocycles. The molecule has 2 heterocycles. The second-order valence-electron chi connectivity index (χ2n) is 5.51. The predicted octanol–water partition coefficient (Wildman–Crippen LogP) is 2.52. The fraction of sp³-hybridized carbons (Fsp3) is 0.667. The molecule has 1 aromatic heterocycles. The Balaban J connectivity index is 1.70. The van der Waals surface area contributed by atoms with Crippen LogP contribution in [0.3, 0.4) is 0 Å². The molecule has 0 amide bonds. The topological polar surface area (TPSA) is 37.4 Å². The molecule has 0 unspecified atom stereocenters. The highest BCUT2D eigenvalue weighted by Gasteiger charge is 2.20. The number of pyridine rings is 1. The van der Waals surface area contributed by atoms with Crippen LogP contribution in [0.1, 0.15) is 26.7 Å². The molecule has 0 spiro atoms. The van der Waals surface area contributed by atoms with Crippen molar-refractivity contribution < 1.29 is 9.13 Å². The standard InChI is InChI=1S/C15H24FN3O/c1-12(2)20-11-10-19-8-5-13(6-9-19)18-15-14(16)4-3-7-17-15/h3-4,7,12-13H,5-6,8-11H2,1-2H3,(H,17,18). The molecular formula is C15H24FN3O. The van der Waals surface area contributed by atoms with E-state index in [0.29, 0.717) is 18.0 Å². The lowest BCUT2D eigenvalue weighted by Gasteiger charge is -2.32. The van der Waals surface area contributed by atoms with E-state index in [1.165, 1.54) is 6.07 Å². The van der Waals surface area contributed by atoms with Gasteiger partial charge in [-0.1, -0.05) is 0 Å². The Hall–Kier alpha value is -1.20. The number of aromatic nitrogens is 1. The molecule has 0 aromatic carbocycles. The Morgan fingerprint density at radius 1 is 1.45 bits per heavy atom. The van der Waals surface area contributed by atoms with Crippen LogP contribution in [0.4, 0.5) is 10.2 Å². The quantitative estimate of drug-likeness (QED) is 0.869. The first-order valence-electron chi connectivity index (χ1n) is 7.36. The summed E-state index contributed by atoms with van der Waals surface area (Å²) in [6, 6.07) is 3.35. The molecule has 0 atom stereocenters. The molecule has 0 bridgehead atoms. The molecule has 1 aliphatic heterocycles. The zero-order valence-electron chi connectivity index (χ0n) is 12.3. The highest BCUT2D eigenvalue weighted by atomic mass is 19.1. The van der Waals surface area contributed by atoms with Crippen molar-refractivity contribution in [2.24, 2.45) is 0 Å². The maximum atomic E-state index is 13.5. The number of likely N-dealkylation sites (tertiary alicyclic amines) is 1. The lowest BCUT2D eigenvalue weighted by Crippen LogP contribution is -2.41. The average Bonchev–Trinajstić information content (AvgIpc) is 2.43. The van der Waals surface area contributed by atoms with E-state index in [2.05, 4.69) is 29.0 Å². The maximum absolute atomic E-state index is 13.5. The Morgan fingerprint density at radius 3 is 2.85 bits per heavy atom. The number of ether oxygens (including phenoxy) is 1. The van der Waals surface area contributed by atoms with E-state index in [0.717, 1.165) is 39.1 Å². The van der Waals surface area contributed by atoms with Crippen LogP contribution in [0, 0.1) is 5.82 Å². The van der Waals surface area contributed by atoms with Crippen LogP contribution < -0.4 is 5.32 Å². The molecule has 2 rings (SSSR count). The number of hydrogen-bond acceptors (Lipinski definition) is 4. The van der Waals surface area contributed by atoms with Gasteiger partial charge in [0.2, 0.25) is 0 Å². The van der Waals surface area contributed by atoms with E-state index in [9.17, 15) is 4.39 Å². The number of nitrogens with one attached hydrogen (secondary N) is 1. The fourth-order valence-corrected chi connectivity index (χ4v) is 2.40. The fourth-order valence-electron chi connectivity index (χ4n) is 2.40. The summed E-state index contributed by atoms with van der Waals surface area (Å²) in [5, 5.41) is 3.20. The van der Waals surface area contributed by atoms with Crippen molar-refractivity contribution in [3.8, 4) is 0 Å². The van der Waals surface area contributed by atoms with Crippen LogP contribution in [0.25, 0.3) is 0 Å². The first-order valence-corrected chi connectivity index (χ1v) is 7.36. The van der Waals surface area contributed by atoms with Crippen LogP contribution in [0.5, 0.6) is 0 Å². The summed E-state index contributed by atoms with van der Waals surface area (Å²) in [5.74, 6) is 0.0920. The summed E-state index contributed by atoms with van der Waals surface area (Å²) < 4.78 is 19.1. The van der Waals surface area contributed by atoms with Gasteiger partial charge in [0.05, 0.1) is 12.7 Å². The number of piperidine rings is 1. The van der Waals surface area contributed by atoms with E-state index < -0.39 is 0 Å². The van der Waals surface area contributed by atoms with Crippen molar-refractivity contribution in [2.45, 2.75) is 38.8 Å². The van der Waals surface area contributed by atoms with Crippen molar-refractivity contribution in [1.82, 2.24) is 9.88 Å². The zero-order valence-corrected chi connectivity index (χ0v) is 12.3. The summed E-state index contributed by atoms with van der Waals surface area (Å²) in [6.45, 7) is 7.91. The molecule has 1 N–H and O–H groups in total. The van der Waals surface area contributed by atoms with E-state index in [1.54, 1.807) is 12.3 Å². The van der Waals surface area contributed by atoms with Crippen LogP contribution in [0.2, 0.25) is 0 Å². The molecule has 0 aliphatic carbocycles. The minimum atomic E-state index is -0.278. The van der Waals surface area contributed by atoms with Gasteiger partial charge in [-0.3, -0.25) is 0 Å². The number of hydrogen-bond donors (Lipinski definition) is 1. The van der Waals surface area contributed by atoms with Crippen molar-refractivity contribution in [1.29, 1.82) is 0 Å². The lowest BCUT2D eigenvalue weighted by atomic mass is 10.1. The molecule has 1 aromatic rings. The van der Waals surface area contributed by atoms with Crippen LogP contribution in [-0.4, -0.2) is 48.3 Å². The van der Waals surface area contributed by atoms with E-state index >= 15 is 0 Å². The third-order valence-corrected chi connectivity index (χ3v) is 3.55. The van der Waals surface area contributed by atoms with Gasteiger partial charge in [-0.25, -0.2) is 9.37 Å². The first kappa shape index (κ1) is 15.2. The van der Waals surface area contributed by atoms with Gasteiger partial charge in [-0.05, 0) is 38.8 Å². The summed E-state index contributed by atoms with van der Waals surface area (Å²) in [7, 11) is 0. The molecule has 1 fully saturated rings. The van der Waals surface area contributed by atoms with E-state index in [1.807, 2.05) is 0 Å². The van der Waals surface area contributed by atoms with Gasteiger partial charge in [0, 0.05) is 31.9 Å². The number of rotatable bonds is 6. The Labute approximate surface area is 120 Å². The number of nitrogens with zero attached hydrogens (tertiary/aromatic N) is 2. The summed E-state index contributed by atoms with van der Waals surface area (Å²) in [4.78, 5) is 6.44. The molecule has 1 aliphatic rings. The van der Waals surface area contributed by atoms with E-state index in [-0.39, 0.29) is 5.82 Å². The summed E-state index contributed by atoms with van der Waals surface area (Å²) in [5.41, 5.74) is 0. The Kier molecular flexibility index (Phi) is 5.73. The van der Waals surface area contributed by atoms with Crippen molar-refractivity contribution >= 4 is 5.82 Å². The summed E-state index contributed by atoms with van der Waals surface area (Å²) in [6.07, 6.45) is 3.93. The molecule has 0 radical (unpaired) electrons. The second-order valence-corrected chi connectivity index (χ2v) is 5.51. The normalized spacial score (nSPS) is 17.6. The Bertz CT molecular complexity index is 406. The van der Waals surface area contributed by atoms with Crippen LogP contribution >= 0.6 is 0 Å². The van der Waals surface area contributed by atoms with Gasteiger partial charge < -0.3 is 15.0 Å². The second kappa shape index (κ2) is 7.55. The minimum absolute atomic E-state index is 0.278. The smallest absolute Gasteiger partial charge is 0.165 e. The lowest BCUT2D eigenvalue weighted by molar-refractivity contribution is 0.0543. The van der Waals surface area contributed by atoms with Gasteiger partial charge in [0.25, 0.3) is 0 Å². The molecule has 5 heteroatoms. The predicted molar refractivity (Wildman–Crippen MR) is 78.4 cm³/mol. The zero-order chi connectivity index (χ0) is 14.4. The van der Waals surface area contributed by atoms with Crippen molar-refractivity contribution in [2.75, 3.05) is 31.6 Å². The highest BCUT2D eigenvalue weighted by Crippen LogP contribution is 2.17. The number of anilines is 1. The maximum Gasteiger partial charge on any atom is 0.165 e. The SMILES string of the molecule is CC(C)OCCN1CCC(Nc2ncccc2F)CC1. The molecule has 20 heavy (non-hydrogen) atoms. The third-order valence-electron chi connectivity index (χ3n) is 3.55. The van der Waals surface area contributed by atoms with Crippen LogP contribution in [0.15, 0.2) is 18.3 Å². The van der Waals surface area contributed by atoms with Gasteiger partial charge in [0.15, 0.2) is 11.6 Å². The number of halogens is 1. The first-order chi connectivity index (χ1) is 9.65. The molecule has 4 nitrogen and oxygen atoms in total. The highest BCUT2D eigenvalue weighted by molar-refractivity contribution is 5.36. The molecule has 112 valence electrons. The summed E-state index contributed by atoms with van der Waals surface area (Å²) >= 11 is 0. The van der Waals surface area contributed by atoms with Crippen molar-refractivity contribution in [3.05, 3.63) is 24.1 Å². The van der Waals surface area contributed by atoms with Gasteiger partial charge in [-0.15, -0.1) is 0 Å². The molecular weight excluding hydrogens is 257 g/mol. The average molecular weight is 281 g/mol. The Morgan fingerprint density at radius 2 is 2.20 bits per heavy atom. The minimum Gasteiger partial charge on any atom is -0.377 e. The van der Waals surface area contributed by atoms with Gasteiger partial charge >= 0.3 is 0 Å². The van der Waals surface area contributed by atoms with Crippen molar-refractivity contribution in [3.63, 3.8) is 0 Å². The molecule has 1 saturated heterocycles. The largest absolute Gasteiger partial charge is 0.377 e. The monoisotopic (exact) mass is 281 g/mol. The van der Waals surface area contributed by atoms with Crippen LogP contribution in [-0.2, 0) is 4.74 Å².